The molecule has 2 heterocycles. The molecule has 96 valence electrons. The van der Waals surface area contributed by atoms with Gasteiger partial charge in [0.15, 0.2) is 5.65 Å². The number of aliphatic hydroxyl groups is 1. The minimum absolute atomic E-state index is 0.567. The topological polar surface area (TPSA) is 74.7 Å². The van der Waals surface area contributed by atoms with Crippen LogP contribution in [0.2, 0.25) is 0 Å². The van der Waals surface area contributed by atoms with Crippen molar-refractivity contribution in [1.82, 2.24) is 20.2 Å². The van der Waals surface area contributed by atoms with Crippen molar-refractivity contribution in [1.29, 1.82) is 0 Å². The number of hydrogen-bond acceptors (Lipinski definition) is 4. The first-order chi connectivity index (χ1) is 9.15. The summed E-state index contributed by atoms with van der Waals surface area (Å²) in [6.45, 7) is 3.72. The number of aryl methyl sites for hydroxylation is 1. The second kappa shape index (κ2) is 4.44. The van der Waals surface area contributed by atoms with Crippen molar-refractivity contribution in [3.05, 3.63) is 41.7 Å². The van der Waals surface area contributed by atoms with E-state index in [9.17, 15) is 5.11 Å². The lowest BCUT2D eigenvalue weighted by atomic mass is 10.1. The largest absolute Gasteiger partial charge is 0.387 e. The van der Waals surface area contributed by atoms with E-state index < -0.39 is 6.10 Å². The fourth-order valence-corrected chi connectivity index (χ4v) is 2.00. The van der Waals surface area contributed by atoms with Crippen molar-refractivity contribution in [3.63, 3.8) is 0 Å². The van der Waals surface area contributed by atoms with Crippen molar-refractivity contribution in [2.24, 2.45) is 0 Å². The molecule has 5 nitrogen and oxygen atoms in total. The summed E-state index contributed by atoms with van der Waals surface area (Å²) in [5, 5.41) is 16.6. The van der Waals surface area contributed by atoms with Gasteiger partial charge in [-0.2, -0.15) is 5.10 Å². The van der Waals surface area contributed by atoms with Crippen molar-refractivity contribution >= 4 is 11.2 Å². The van der Waals surface area contributed by atoms with Gasteiger partial charge < -0.3 is 5.11 Å². The van der Waals surface area contributed by atoms with Crippen LogP contribution in [0.1, 0.15) is 24.3 Å². The van der Waals surface area contributed by atoms with Gasteiger partial charge in [0.05, 0.1) is 23.7 Å². The van der Waals surface area contributed by atoms with Crippen molar-refractivity contribution in [3.8, 4) is 11.3 Å². The molecule has 0 amide bonds. The number of H-pyrrole nitrogens is 1. The number of fused-ring (bicyclic) bond motifs is 1. The fraction of sp³-hybridized carbons (Fsp3) is 0.214. The standard InChI is InChI=1S/C14H14N4O/c1-8-3-5-10(6-4-8)13-12(9(2)19)16-11-7-15-18-14(11)17-13/h3-7,9,19H,1-2H3,(H,15,17,18). The Bertz CT molecular complexity index is 716. The van der Waals surface area contributed by atoms with Gasteiger partial charge in [0.1, 0.15) is 5.52 Å². The van der Waals surface area contributed by atoms with Crippen LogP contribution in [0.25, 0.3) is 22.4 Å². The van der Waals surface area contributed by atoms with Gasteiger partial charge in [-0.25, -0.2) is 9.97 Å². The minimum Gasteiger partial charge on any atom is -0.387 e. The van der Waals surface area contributed by atoms with E-state index in [1.807, 2.05) is 31.2 Å². The van der Waals surface area contributed by atoms with Crippen molar-refractivity contribution < 1.29 is 5.11 Å². The summed E-state index contributed by atoms with van der Waals surface area (Å²) in [4.78, 5) is 8.94. The van der Waals surface area contributed by atoms with E-state index >= 15 is 0 Å². The molecule has 2 aromatic heterocycles. The van der Waals surface area contributed by atoms with E-state index in [0.29, 0.717) is 22.6 Å². The Morgan fingerprint density at radius 1 is 1.16 bits per heavy atom. The highest BCUT2D eigenvalue weighted by atomic mass is 16.3. The van der Waals surface area contributed by atoms with Crippen LogP contribution in [-0.4, -0.2) is 25.3 Å². The van der Waals surface area contributed by atoms with E-state index in [1.165, 1.54) is 5.56 Å². The molecule has 1 unspecified atom stereocenters. The first-order valence-electron chi connectivity index (χ1n) is 6.11. The lowest BCUT2D eigenvalue weighted by Gasteiger charge is -2.10. The summed E-state index contributed by atoms with van der Waals surface area (Å²) < 4.78 is 0. The monoisotopic (exact) mass is 254 g/mol. The van der Waals surface area contributed by atoms with Crippen molar-refractivity contribution in [2.75, 3.05) is 0 Å². The van der Waals surface area contributed by atoms with E-state index in [1.54, 1.807) is 13.1 Å². The Morgan fingerprint density at radius 3 is 2.58 bits per heavy atom. The van der Waals surface area contributed by atoms with E-state index in [4.69, 9.17) is 0 Å². The molecule has 0 bridgehead atoms. The second-order valence-corrected chi connectivity index (χ2v) is 4.60. The number of aliphatic hydroxyl groups excluding tert-OH is 1. The van der Waals surface area contributed by atoms with E-state index in [2.05, 4.69) is 20.2 Å². The number of nitrogens with one attached hydrogen (secondary N) is 1. The number of hydrogen-bond donors (Lipinski definition) is 2. The Hall–Kier alpha value is -2.27. The first-order valence-corrected chi connectivity index (χ1v) is 6.11. The Balaban J connectivity index is 2.25. The van der Waals surface area contributed by atoms with Crippen LogP contribution in [0.15, 0.2) is 30.5 Å². The van der Waals surface area contributed by atoms with Gasteiger partial charge in [-0.15, -0.1) is 0 Å². The average molecular weight is 254 g/mol. The predicted molar refractivity (Wildman–Crippen MR) is 72.5 cm³/mol. The van der Waals surface area contributed by atoms with Gasteiger partial charge in [0.25, 0.3) is 0 Å². The summed E-state index contributed by atoms with van der Waals surface area (Å²) in [5.41, 5.74) is 4.65. The van der Waals surface area contributed by atoms with Crippen LogP contribution < -0.4 is 0 Å². The molecular formula is C14H14N4O. The van der Waals surface area contributed by atoms with Crippen LogP contribution in [-0.2, 0) is 0 Å². The summed E-state index contributed by atoms with van der Waals surface area (Å²) in [6.07, 6.45) is 0.927. The Morgan fingerprint density at radius 2 is 1.89 bits per heavy atom. The number of aromatic amines is 1. The molecule has 19 heavy (non-hydrogen) atoms. The molecule has 1 atom stereocenters. The quantitative estimate of drug-likeness (QED) is 0.736. The van der Waals surface area contributed by atoms with Crippen LogP contribution in [0.5, 0.6) is 0 Å². The summed E-state index contributed by atoms with van der Waals surface area (Å²) >= 11 is 0. The SMILES string of the molecule is Cc1ccc(-c2nc3[nH]ncc3nc2C(C)O)cc1. The number of rotatable bonds is 2. The maximum absolute atomic E-state index is 9.88. The maximum atomic E-state index is 9.88. The molecule has 0 aliphatic rings. The average Bonchev–Trinajstić information content (AvgIpc) is 2.85. The summed E-state index contributed by atoms with van der Waals surface area (Å²) in [6, 6.07) is 7.99. The molecule has 0 saturated carbocycles. The molecule has 3 rings (SSSR count). The van der Waals surface area contributed by atoms with Crippen LogP contribution in [0.4, 0.5) is 0 Å². The van der Waals surface area contributed by atoms with Crippen molar-refractivity contribution in [2.45, 2.75) is 20.0 Å². The highest BCUT2D eigenvalue weighted by molar-refractivity contribution is 5.74. The molecule has 0 radical (unpaired) electrons. The zero-order chi connectivity index (χ0) is 13.4. The Kier molecular flexibility index (Phi) is 2.76. The molecule has 2 N–H and O–H groups in total. The predicted octanol–water partition coefficient (Wildman–Crippen LogP) is 2.38. The first kappa shape index (κ1) is 11.8. The lowest BCUT2D eigenvalue weighted by molar-refractivity contribution is 0.195. The smallest absolute Gasteiger partial charge is 0.174 e. The maximum Gasteiger partial charge on any atom is 0.174 e. The molecular weight excluding hydrogens is 240 g/mol. The van der Waals surface area contributed by atoms with Gasteiger partial charge in [0.2, 0.25) is 0 Å². The third-order valence-electron chi connectivity index (χ3n) is 3.03. The Labute approximate surface area is 110 Å². The van der Waals surface area contributed by atoms with Gasteiger partial charge in [0, 0.05) is 5.56 Å². The normalized spacial score (nSPS) is 12.8. The summed E-state index contributed by atoms with van der Waals surface area (Å²) in [5.74, 6) is 0. The van der Waals surface area contributed by atoms with Crippen LogP contribution in [0.3, 0.4) is 0 Å². The number of nitrogens with zero attached hydrogens (tertiary/aromatic N) is 3. The molecule has 0 saturated heterocycles. The summed E-state index contributed by atoms with van der Waals surface area (Å²) in [7, 11) is 0. The van der Waals surface area contributed by atoms with Gasteiger partial charge in [-0.3, -0.25) is 5.10 Å². The third kappa shape index (κ3) is 2.08. The lowest BCUT2D eigenvalue weighted by Crippen LogP contribution is -2.02. The molecule has 0 spiro atoms. The van der Waals surface area contributed by atoms with Gasteiger partial charge >= 0.3 is 0 Å². The second-order valence-electron chi connectivity index (χ2n) is 4.60. The van der Waals surface area contributed by atoms with Gasteiger partial charge in [-0.05, 0) is 13.8 Å². The van der Waals surface area contributed by atoms with Crippen LogP contribution in [0, 0.1) is 6.92 Å². The minimum atomic E-state index is -0.678. The molecule has 1 aromatic carbocycles. The molecule has 0 fully saturated rings. The molecule has 0 aliphatic carbocycles. The van der Waals surface area contributed by atoms with Crippen LogP contribution >= 0.6 is 0 Å². The molecule has 0 aliphatic heterocycles. The highest BCUT2D eigenvalue weighted by Gasteiger charge is 2.15. The zero-order valence-corrected chi connectivity index (χ0v) is 10.8. The number of benzene rings is 1. The van der Waals surface area contributed by atoms with Gasteiger partial charge in [-0.1, -0.05) is 29.8 Å². The molecule has 5 heteroatoms. The fourth-order valence-electron chi connectivity index (χ4n) is 2.00. The van der Waals surface area contributed by atoms with E-state index in [0.717, 1.165) is 5.56 Å². The number of aromatic nitrogens is 4. The zero-order valence-electron chi connectivity index (χ0n) is 10.8. The van der Waals surface area contributed by atoms with E-state index in [-0.39, 0.29) is 0 Å². The highest BCUT2D eigenvalue weighted by Crippen LogP contribution is 2.26. The molecule has 3 aromatic rings. The third-order valence-corrected chi connectivity index (χ3v) is 3.03.